The van der Waals surface area contributed by atoms with Gasteiger partial charge in [0.05, 0.1) is 4.88 Å². The summed E-state index contributed by atoms with van der Waals surface area (Å²) in [4.78, 5) is 14.4. The Bertz CT molecular complexity index is 612. The van der Waals surface area contributed by atoms with Gasteiger partial charge in [-0.3, -0.25) is 4.79 Å². The summed E-state index contributed by atoms with van der Waals surface area (Å²) >= 11 is 9.67. The number of aryl methyl sites for hydroxylation is 1. The van der Waals surface area contributed by atoms with Crippen LogP contribution in [0.5, 0.6) is 0 Å². The maximum Gasteiger partial charge on any atom is 0.195 e. The number of carbonyl (C=O) groups excluding carboxylic acids is 1. The Balaban J connectivity index is 1.84. The van der Waals surface area contributed by atoms with Crippen LogP contribution in [0.4, 0.5) is 4.39 Å². The number of rotatable bonds is 3. The molecule has 1 nitrogen and oxygen atoms in total. The molecule has 0 saturated carbocycles. The topological polar surface area (TPSA) is 17.1 Å². The third-order valence-electron chi connectivity index (χ3n) is 3.26. The van der Waals surface area contributed by atoms with Gasteiger partial charge in [0.2, 0.25) is 0 Å². The van der Waals surface area contributed by atoms with E-state index < -0.39 is 5.38 Å². The first-order valence-electron chi connectivity index (χ1n) is 6.28. The summed E-state index contributed by atoms with van der Waals surface area (Å²) in [6.07, 6.45) is 1.03. The molecule has 2 aromatic rings. The molecular weight excluding hydrogens is 315 g/mol. The first-order chi connectivity index (χ1) is 9.65. The molecular formula is C15H12ClFOS2. The van der Waals surface area contributed by atoms with Gasteiger partial charge < -0.3 is 0 Å². The Hall–Kier alpha value is -0.840. The number of thiophene rings is 1. The molecule has 1 aromatic carbocycles. The predicted octanol–water partition coefficient (Wildman–Crippen LogP) is 4.84. The quantitative estimate of drug-likeness (QED) is 0.593. The van der Waals surface area contributed by atoms with Crippen LogP contribution in [0.3, 0.4) is 0 Å². The molecule has 104 valence electrons. The molecule has 1 aliphatic heterocycles. The van der Waals surface area contributed by atoms with Crippen molar-refractivity contribution in [3.05, 3.63) is 57.0 Å². The van der Waals surface area contributed by atoms with Crippen molar-refractivity contribution < 1.29 is 9.18 Å². The Morgan fingerprint density at radius 2 is 2.05 bits per heavy atom. The van der Waals surface area contributed by atoms with Gasteiger partial charge in [-0.1, -0.05) is 12.1 Å². The maximum absolute atomic E-state index is 12.9. The number of benzene rings is 1. The normalized spacial score (nSPS) is 15.7. The minimum absolute atomic E-state index is 0.0947. The Morgan fingerprint density at radius 1 is 1.30 bits per heavy atom. The fraction of sp³-hybridized carbons (Fsp3) is 0.267. The second-order valence-corrected chi connectivity index (χ2v) is 7.32. The number of fused-ring (bicyclic) bond motifs is 1. The number of ketones is 1. The summed E-state index contributed by atoms with van der Waals surface area (Å²) in [7, 11) is 0. The van der Waals surface area contributed by atoms with Gasteiger partial charge in [-0.2, -0.15) is 11.8 Å². The number of carbonyl (C=O) groups is 1. The highest BCUT2D eigenvalue weighted by Gasteiger charge is 2.23. The van der Waals surface area contributed by atoms with E-state index in [2.05, 4.69) is 0 Å². The van der Waals surface area contributed by atoms with Crippen LogP contribution < -0.4 is 0 Å². The standard InChI is InChI=1S/C15H12ClFOS2/c16-14(9-1-3-11(17)4-2-9)15(18)13-7-10-8-19-6-5-12(10)20-13/h1-4,7,14H,5-6,8H2. The highest BCUT2D eigenvalue weighted by molar-refractivity contribution is 7.98. The number of halogens is 2. The highest BCUT2D eigenvalue weighted by Crippen LogP contribution is 2.35. The van der Waals surface area contributed by atoms with E-state index >= 15 is 0 Å². The van der Waals surface area contributed by atoms with Crippen LogP contribution in [0, 0.1) is 5.82 Å². The van der Waals surface area contributed by atoms with Gasteiger partial charge in [0.1, 0.15) is 11.2 Å². The lowest BCUT2D eigenvalue weighted by Crippen LogP contribution is -2.05. The third-order valence-corrected chi connectivity index (χ3v) is 5.97. The summed E-state index contributed by atoms with van der Waals surface area (Å²) in [5, 5.41) is -0.747. The Labute approximate surface area is 130 Å². The number of Topliss-reactive ketones (excluding diaryl/α,β-unsaturated/α-hetero) is 1. The molecule has 1 unspecified atom stereocenters. The molecule has 1 aromatic heterocycles. The zero-order valence-corrected chi connectivity index (χ0v) is 13.0. The lowest BCUT2D eigenvalue weighted by molar-refractivity contribution is 0.0991. The summed E-state index contributed by atoms with van der Waals surface area (Å²) in [5.41, 5.74) is 1.90. The summed E-state index contributed by atoms with van der Waals surface area (Å²) in [5.74, 6) is 1.67. The first kappa shape index (κ1) is 14.1. The average Bonchev–Trinajstić information content (AvgIpc) is 2.90. The van der Waals surface area contributed by atoms with Crippen molar-refractivity contribution in [1.29, 1.82) is 0 Å². The molecule has 1 atom stereocenters. The van der Waals surface area contributed by atoms with Crippen LogP contribution in [0.1, 0.15) is 31.1 Å². The lowest BCUT2D eigenvalue weighted by Gasteiger charge is -2.08. The van der Waals surface area contributed by atoms with Crippen LogP contribution in [0.2, 0.25) is 0 Å². The summed E-state index contributed by atoms with van der Waals surface area (Å²) in [6.45, 7) is 0. The number of thioether (sulfide) groups is 1. The molecule has 2 heterocycles. The number of alkyl halides is 1. The highest BCUT2D eigenvalue weighted by atomic mass is 35.5. The largest absolute Gasteiger partial charge is 0.291 e. The number of hydrogen-bond acceptors (Lipinski definition) is 3. The average molecular weight is 327 g/mol. The molecule has 20 heavy (non-hydrogen) atoms. The minimum atomic E-state index is -0.747. The van der Waals surface area contributed by atoms with Crippen LogP contribution in [-0.4, -0.2) is 11.5 Å². The predicted molar refractivity (Wildman–Crippen MR) is 83.5 cm³/mol. The van der Waals surface area contributed by atoms with Gasteiger partial charge in [-0.15, -0.1) is 22.9 Å². The summed E-state index contributed by atoms with van der Waals surface area (Å²) in [6, 6.07) is 7.75. The third kappa shape index (κ3) is 2.78. The van der Waals surface area contributed by atoms with E-state index in [4.69, 9.17) is 11.6 Å². The second-order valence-electron chi connectivity index (χ2n) is 4.64. The van der Waals surface area contributed by atoms with Crippen molar-refractivity contribution in [3.8, 4) is 0 Å². The molecule has 5 heteroatoms. The van der Waals surface area contributed by atoms with E-state index in [0.717, 1.165) is 17.9 Å². The molecule has 0 aliphatic carbocycles. The fourth-order valence-electron chi connectivity index (χ4n) is 2.18. The molecule has 0 amide bonds. The van der Waals surface area contributed by atoms with Crippen molar-refractivity contribution in [1.82, 2.24) is 0 Å². The smallest absolute Gasteiger partial charge is 0.195 e. The van der Waals surface area contributed by atoms with Crippen LogP contribution in [0.25, 0.3) is 0 Å². The van der Waals surface area contributed by atoms with E-state index in [-0.39, 0.29) is 11.6 Å². The van der Waals surface area contributed by atoms with Crippen LogP contribution in [-0.2, 0) is 12.2 Å². The van der Waals surface area contributed by atoms with E-state index in [0.29, 0.717) is 10.4 Å². The lowest BCUT2D eigenvalue weighted by atomic mass is 10.1. The van der Waals surface area contributed by atoms with Gasteiger partial charge in [0.15, 0.2) is 5.78 Å². The van der Waals surface area contributed by atoms with Crippen molar-refractivity contribution in [2.45, 2.75) is 17.6 Å². The van der Waals surface area contributed by atoms with Gasteiger partial charge in [0.25, 0.3) is 0 Å². The van der Waals surface area contributed by atoms with Gasteiger partial charge in [0, 0.05) is 10.6 Å². The maximum atomic E-state index is 12.9. The van der Waals surface area contributed by atoms with E-state index in [1.54, 1.807) is 23.5 Å². The molecule has 0 spiro atoms. The van der Waals surface area contributed by atoms with Gasteiger partial charge >= 0.3 is 0 Å². The Kier molecular flexibility index (Phi) is 4.15. The zero-order valence-electron chi connectivity index (χ0n) is 10.6. The second kappa shape index (κ2) is 5.88. The van der Waals surface area contributed by atoms with Crippen molar-refractivity contribution >= 4 is 40.5 Å². The van der Waals surface area contributed by atoms with Gasteiger partial charge in [-0.25, -0.2) is 4.39 Å². The van der Waals surface area contributed by atoms with Crippen molar-refractivity contribution in [2.24, 2.45) is 0 Å². The fourth-order valence-corrected chi connectivity index (χ4v) is 4.85. The van der Waals surface area contributed by atoms with Crippen molar-refractivity contribution in [3.63, 3.8) is 0 Å². The van der Waals surface area contributed by atoms with Crippen LogP contribution in [0.15, 0.2) is 30.3 Å². The van der Waals surface area contributed by atoms with Gasteiger partial charge in [-0.05, 0) is 41.5 Å². The van der Waals surface area contributed by atoms with E-state index in [1.165, 1.54) is 22.6 Å². The zero-order chi connectivity index (χ0) is 14.1. The molecule has 0 saturated heterocycles. The molecule has 0 radical (unpaired) electrons. The SMILES string of the molecule is O=C(c1cc2c(s1)CCSC2)C(Cl)c1ccc(F)cc1. The van der Waals surface area contributed by atoms with Crippen molar-refractivity contribution in [2.75, 3.05) is 5.75 Å². The van der Waals surface area contributed by atoms with E-state index in [1.807, 2.05) is 17.8 Å². The first-order valence-corrected chi connectivity index (χ1v) is 8.69. The molecule has 0 fully saturated rings. The minimum Gasteiger partial charge on any atom is -0.291 e. The monoisotopic (exact) mass is 326 g/mol. The Morgan fingerprint density at radius 3 is 2.75 bits per heavy atom. The van der Waals surface area contributed by atoms with Crippen LogP contribution >= 0.6 is 34.7 Å². The molecule has 1 aliphatic rings. The van der Waals surface area contributed by atoms with E-state index in [9.17, 15) is 9.18 Å². The molecule has 3 rings (SSSR count). The molecule has 0 bridgehead atoms. The summed E-state index contributed by atoms with van der Waals surface area (Å²) < 4.78 is 12.9. The molecule has 0 N–H and O–H groups in total. The number of hydrogen-bond donors (Lipinski definition) is 0.